The molecular formula is C27H21N3O4. The second-order valence-corrected chi connectivity index (χ2v) is 7.79. The molecule has 7 heteroatoms. The van der Waals surface area contributed by atoms with Crippen molar-refractivity contribution in [1.29, 1.82) is 0 Å². The van der Waals surface area contributed by atoms with Gasteiger partial charge in [-0.25, -0.2) is 0 Å². The largest absolute Gasteiger partial charge is 0.481 e. The Labute approximate surface area is 195 Å². The van der Waals surface area contributed by atoms with Crippen molar-refractivity contribution in [2.75, 3.05) is 0 Å². The molecule has 1 N–H and O–H groups in total. The lowest BCUT2D eigenvalue weighted by atomic mass is 10.1. The van der Waals surface area contributed by atoms with Crippen LogP contribution in [0.15, 0.2) is 91.1 Å². The van der Waals surface area contributed by atoms with Crippen LogP contribution in [0.2, 0.25) is 0 Å². The number of hydrogen-bond donors (Lipinski definition) is 1. The van der Waals surface area contributed by atoms with Crippen molar-refractivity contribution in [2.45, 2.75) is 13.3 Å². The predicted molar refractivity (Wildman–Crippen MR) is 128 cm³/mol. The minimum atomic E-state index is -0.899. The molecule has 0 aliphatic rings. The van der Waals surface area contributed by atoms with Crippen LogP contribution in [0.3, 0.4) is 0 Å². The van der Waals surface area contributed by atoms with Crippen molar-refractivity contribution in [3.8, 4) is 29.2 Å². The number of aromatic nitrogens is 3. The number of nitrogens with zero attached hydrogens (tertiary/aromatic N) is 3. The number of ether oxygens (including phenoxy) is 2. The third-order valence-electron chi connectivity index (χ3n) is 5.22. The van der Waals surface area contributed by atoms with Crippen molar-refractivity contribution in [3.63, 3.8) is 0 Å². The van der Waals surface area contributed by atoms with E-state index in [4.69, 9.17) is 9.47 Å². The zero-order valence-corrected chi connectivity index (χ0v) is 18.4. The number of para-hydroxylation sites is 2. The second kappa shape index (κ2) is 9.07. The van der Waals surface area contributed by atoms with E-state index in [0.29, 0.717) is 28.8 Å². The molecule has 0 aliphatic carbocycles. The van der Waals surface area contributed by atoms with Gasteiger partial charge in [-0.15, -0.1) is 0 Å². The van der Waals surface area contributed by atoms with Gasteiger partial charge in [-0.1, -0.05) is 48.0 Å². The highest BCUT2D eigenvalue weighted by Crippen LogP contribution is 2.30. The number of aryl methyl sites for hydroxylation is 1. The normalized spacial score (nSPS) is 10.9. The summed E-state index contributed by atoms with van der Waals surface area (Å²) in [6.45, 7) is 1.98. The van der Waals surface area contributed by atoms with E-state index in [2.05, 4.69) is 9.97 Å². The summed E-state index contributed by atoms with van der Waals surface area (Å²) in [5.41, 5.74) is 2.57. The number of rotatable bonds is 7. The Hall–Kier alpha value is -4.65. The summed E-state index contributed by atoms with van der Waals surface area (Å²) < 4.78 is 13.7. The summed E-state index contributed by atoms with van der Waals surface area (Å²) in [4.78, 5) is 20.5. The summed E-state index contributed by atoms with van der Waals surface area (Å²) in [7, 11) is 0. The van der Waals surface area contributed by atoms with E-state index < -0.39 is 5.97 Å². The number of benzene rings is 3. The number of aliphatic carboxylic acids is 1. The topological polar surface area (TPSA) is 86.5 Å². The first-order valence-corrected chi connectivity index (χ1v) is 10.7. The maximum Gasteiger partial charge on any atom is 0.327 e. The fourth-order valence-corrected chi connectivity index (χ4v) is 3.72. The number of carboxylic acids is 1. The van der Waals surface area contributed by atoms with E-state index in [1.165, 1.54) is 0 Å². The van der Waals surface area contributed by atoms with Crippen molar-refractivity contribution in [2.24, 2.45) is 0 Å². The zero-order chi connectivity index (χ0) is 23.5. The van der Waals surface area contributed by atoms with Gasteiger partial charge >= 0.3 is 12.0 Å². The molecule has 0 saturated carbocycles. The van der Waals surface area contributed by atoms with Gasteiger partial charge in [-0.2, -0.15) is 9.97 Å². The molecule has 0 saturated heterocycles. The Bertz CT molecular complexity index is 1400. The fraction of sp³-hybridized carbons (Fsp3) is 0.0741. The van der Waals surface area contributed by atoms with Gasteiger partial charge in [0.25, 0.3) is 0 Å². The summed E-state index contributed by atoms with van der Waals surface area (Å²) in [6.07, 6.45) is 1.69. The van der Waals surface area contributed by atoms with Crippen LogP contribution in [0.25, 0.3) is 16.7 Å². The van der Waals surface area contributed by atoms with Crippen LogP contribution in [-0.4, -0.2) is 25.6 Å². The molecule has 2 heterocycles. The van der Waals surface area contributed by atoms with E-state index >= 15 is 0 Å². The van der Waals surface area contributed by atoms with E-state index in [9.17, 15) is 9.90 Å². The lowest BCUT2D eigenvalue weighted by molar-refractivity contribution is -0.136. The smallest absolute Gasteiger partial charge is 0.327 e. The highest BCUT2D eigenvalue weighted by Gasteiger charge is 2.16. The van der Waals surface area contributed by atoms with Crippen LogP contribution >= 0.6 is 0 Å². The van der Waals surface area contributed by atoms with Crippen molar-refractivity contribution in [3.05, 3.63) is 102 Å². The van der Waals surface area contributed by atoms with Crippen LogP contribution in [-0.2, 0) is 11.2 Å². The summed E-state index contributed by atoms with van der Waals surface area (Å²) in [5, 5.41) is 10.3. The summed E-state index contributed by atoms with van der Waals surface area (Å²) >= 11 is 0. The highest BCUT2D eigenvalue weighted by molar-refractivity contribution is 5.89. The Morgan fingerprint density at radius 2 is 1.56 bits per heavy atom. The fourth-order valence-electron chi connectivity index (χ4n) is 3.72. The average Bonchev–Trinajstić information content (AvgIpc) is 3.17. The second-order valence-electron chi connectivity index (χ2n) is 7.79. The Balaban J connectivity index is 1.64. The van der Waals surface area contributed by atoms with E-state index in [1.54, 1.807) is 12.3 Å². The molecule has 0 atom stereocenters. The van der Waals surface area contributed by atoms with Gasteiger partial charge in [0.1, 0.15) is 17.3 Å². The van der Waals surface area contributed by atoms with Crippen molar-refractivity contribution >= 4 is 16.9 Å². The lowest BCUT2D eigenvalue weighted by Crippen LogP contribution is -2.02. The van der Waals surface area contributed by atoms with Gasteiger partial charge < -0.3 is 19.1 Å². The number of carbonyl (C=O) groups is 1. The Morgan fingerprint density at radius 3 is 2.24 bits per heavy atom. The van der Waals surface area contributed by atoms with Gasteiger partial charge in [0.05, 0.1) is 11.9 Å². The maximum absolute atomic E-state index is 11.5. The van der Waals surface area contributed by atoms with E-state index in [-0.39, 0.29) is 12.4 Å². The third-order valence-corrected chi connectivity index (χ3v) is 5.22. The number of fused-ring (bicyclic) bond motifs is 1. The molecule has 34 heavy (non-hydrogen) atoms. The first-order chi connectivity index (χ1) is 16.5. The lowest BCUT2D eigenvalue weighted by Gasteiger charge is -2.11. The first-order valence-electron chi connectivity index (χ1n) is 10.7. The van der Waals surface area contributed by atoms with Crippen LogP contribution in [0.4, 0.5) is 0 Å². The average molecular weight is 451 g/mol. The first kappa shape index (κ1) is 21.2. The molecule has 0 aliphatic heterocycles. The molecule has 168 valence electrons. The molecule has 0 radical (unpaired) electrons. The molecule has 5 aromatic rings. The van der Waals surface area contributed by atoms with Crippen LogP contribution in [0.5, 0.6) is 23.4 Å². The standard InChI is InChI=1S/C27H21N3O4/c1-18-12-13-23-22(14-18)19(15-26(31)32)17-30(23)24-16-25(33-20-8-4-2-5-9-20)29-27(28-24)34-21-10-6-3-7-11-21/h2-14,16-17H,15H2,1H3,(H,31,32). The Kier molecular flexibility index (Phi) is 5.66. The van der Waals surface area contributed by atoms with Crippen molar-refractivity contribution < 1.29 is 19.4 Å². The molecule has 0 bridgehead atoms. The maximum atomic E-state index is 11.5. The highest BCUT2D eigenvalue weighted by atomic mass is 16.5. The summed E-state index contributed by atoms with van der Waals surface area (Å²) in [5.74, 6) is 1.11. The van der Waals surface area contributed by atoms with E-state index in [1.807, 2.05) is 90.4 Å². The molecule has 3 aromatic carbocycles. The minimum Gasteiger partial charge on any atom is -0.481 e. The molecule has 0 spiro atoms. The van der Waals surface area contributed by atoms with Gasteiger partial charge in [-0.3, -0.25) is 4.79 Å². The molecule has 0 unspecified atom stereocenters. The number of carboxylic acid groups (broad SMARTS) is 1. The SMILES string of the molecule is Cc1ccc2c(c1)c(CC(=O)O)cn2-c1cc(Oc2ccccc2)nc(Oc2ccccc2)n1. The van der Waals surface area contributed by atoms with Gasteiger partial charge in [-0.05, 0) is 48.9 Å². The van der Waals surface area contributed by atoms with E-state index in [0.717, 1.165) is 16.5 Å². The van der Waals surface area contributed by atoms with Gasteiger partial charge in [0, 0.05) is 17.6 Å². The van der Waals surface area contributed by atoms with Crippen LogP contribution in [0.1, 0.15) is 11.1 Å². The molecule has 5 rings (SSSR count). The monoisotopic (exact) mass is 451 g/mol. The van der Waals surface area contributed by atoms with Crippen molar-refractivity contribution in [1.82, 2.24) is 14.5 Å². The zero-order valence-electron chi connectivity index (χ0n) is 18.4. The van der Waals surface area contributed by atoms with Gasteiger partial charge in [0.2, 0.25) is 5.88 Å². The molecule has 0 fully saturated rings. The molecule has 2 aromatic heterocycles. The Morgan fingerprint density at radius 1 is 0.882 bits per heavy atom. The summed E-state index contributed by atoms with van der Waals surface area (Å²) in [6, 6.07) is 26.3. The minimum absolute atomic E-state index is 0.0984. The number of hydrogen-bond acceptors (Lipinski definition) is 5. The quantitative estimate of drug-likeness (QED) is 0.330. The third kappa shape index (κ3) is 4.59. The molecular weight excluding hydrogens is 430 g/mol. The molecule has 0 amide bonds. The molecule has 7 nitrogen and oxygen atoms in total. The van der Waals surface area contributed by atoms with Crippen LogP contribution < -0.4 is 9.47 Å². The van der Waals surface area contributed by atoms with Gasteiger partial charge in [0.15, 0.2) is 0 Å². The van der Waals surface area contributed by atoms with Crippen LogP contribution in [0, 0.1) is 6.92 Å². The predicted octanol–water partition coefficient (Wildman–Crippen LogP) is 5.94.